The van der Waals surface area contributed by atoms with Crippen molar-refractivity contribution in [2.45, 2.75) is 117 Å². The predicted molar refractivity (Wildman–Crippen MR) is 149 cm³/mol. The van der Waals surface area contributed by atoms with E-state index in [1.165, 1.54) is 0 Å². The molecule has 0 aromatic rings. The van der Waals surface area contributed by atoms with Gasteiger partial charge < -0.3 is 93.4 Å². The third kappa shape index (κ3) is 8.98. The summed E-state index contributed by atoms with van der Waals surface area (Å²) in [6.07, 6.45) is -16.2. The third-order valence-electron chi connectivity index (χ3n) is 8.25. The number of aliphatic hydroxyl groups is 8. The molecule has 3 fully saturated rings. The summed E-state index contributed by atoms with van der Waals surface area (Å²) in [5.41, 5.74) is 23.8. The molecule has 2 saturated heterocycles. The highest BCUT2D eigenvalue weighted by atomic mass is 16.7. The van der Waals surface area contributed by atoms with Gasteiger partial charge >= 0.3 is 0 Å². The van der Waals surface area contributed by atoms with Gasteiger partial charge in [0.25, 0.3) is 5.91 Å². The number of nitrogens with one attached hydrogen (secondary N) is 2. The van der Waals surface area contributed by atoms with E-state index in [2.05, 4.69) is 10.6 Å². The zero-order valence-corrected chi connectivity index (χ0v) is 24.3. The number of ether oxygens (including phenoxy) is 4. The van der Waals surface area contributed by atoms with Crippen LogP contribution in [0.25, 0.3) is 0 Å². The first-order chi connectivity index (χ1) is 20.8. The minimum atomic E-state index is -2.12. The number of carbonyl (C=O) groups excluding carboxylic acids is 1. The van der Waals surface area contributed by atoms with Crippen LogP contribution in [-0.4, -0.2) is 177 Å². The molecule has 18 N–H and O–H groups in total. The first-order valence-corrected chi connectivity index (χ1v) is 14.7. The molecule has 0 aromatic carbocycles. The standard InChI is InChI=1S/C25H50N6O13/c26-6-13(34)16(35)19(38)23(40)31-12-5-11(28)21(43-24-10(27)2-1-9(41-24)7-30-3-4-32)20(39)22(12)44-25-18(37)15(29)17(36)14(8-33)42-25/h9-22,24-25,30,32-39H,1-8,26-29H2,(H,31,40). The molecule has 19 heteroatoms. The molecule has 3 aliphatic rings. The van der Waals surface area contributed by atoms with Crippen molar-refractivity contribution in [1.29, 1.82) is 0 Å². The molecule has 16 atom stereocenters. The summed E-state index contributed by atoms with van der Waals surface area (Å²) in [6.45, 7) is -0.402. The van der Waals surface area contributed by atoms with E-state index in [0.29, 0.717) is 25.9 Å². The van der Waals surface area contributed by atoms with E-state index in [9.17, 15) is 40.5 Å². The Morgan fingerprint density at radius 3 is 2.23 bits per heavy atom. The van der Waals surface area contributed by atoms with Crippen LogP contribution >= 0.6 is 0 Å². The second-order valence-electron chi connectivity index (χ2n) is 11.5. The lowest BCUT2D eigenvalue weighted by atomic mass is 9.83. The normalized spacial score (nSPS) is 42.0. The summed E-state index contributed by atoms with van der Waals surface area (Å²) in [5, 5.41) is 86.7. The first kappa shape index (κ1) is 37.2. The van der Waals surface area contributed by atoms with Gasteiger partial charge in [-0.05, 0) is 19.3 Å². The minimum Gasteiger partial charge on any atom is -0.395 e. The van der Waals surface area contributed by atoms with Crippen molar-refractivity contribution < 1.29 is 64.6 Å². The fourth-order valence-electron chi connectivity index (χ4n) is 5.55. The Labute approximate surface area is 254 Å². The van der Waals surface area contributed by atoms with Crippen molar-refractivity contribution >= 4 is 5.91 Å². The lowest BCUT2D eigenvalue weighted by Gasteiger charge is -2.48. The summed E-state index contributed by atoms with van der Waals surface area (Å²) in [5.74, 6) is -1.15. The highest BCUT2D eigenvalue weighted by Gasteiger charge is 2.51. The number of hydrogen-bond donors (Lipinski definition) is 14. The Kier molecular flexibility index (Phi) is 14.5. The van der Waals surface area contributed by atoms with Crippen molar-refractivity contribution in [2.75, 3.05) is 32.8 Å². The van der Waals surface area contributed by atoms with Crippen LogP contribution < -0.4 is 33.6 Å². The van der Waals surface area contributed by atoms with E-state index < -0.39 is 111 Å². The molecule has 19 nitrogen and oxygen atoms in total. The van der Waals surface area contributed by atoms with Gasteiger partial charge in [0.2, 0.25) is 0 Å². The monoisotopic (exact) mass is 642 g/mol. The van der Waals surface area contributed by atoms with Crippen LogP contribution in [0.15, 0.2) is 0 Å². The second kappa shape index (κ2) is 17.1. The molecule has 1 saturated carbocycles. The van der Waals surface area contributed by atoms with Gasteiger partial charge in [-0.2, -0.15) is 0 Å². The number of rotatable bonds is 14. The maximum Gasteiger partial charge on any atom is 0.251 e. The van der Waals surface area contributed by atoms with Gasteiger partial charge in [0.05, 0.1) is 43.5 Å². The minimum absolute atomic E-state index is 0.0553. The summed E-state index contributed by atoms with van der Waals surface area (Å²) in [7, 11) is 0. The highest BCUT2D eigenvalue weighted by Crippen LogP contribution is 2.31. The number of amides is 1. The smallest absolute Gasteiger partial charge is 0.251 e. The van der Waals surface area contributed by atoms with Crippen LogP contribution in [0.5, 0.6) is 0 Å². The molecule has 1 amide bonds. The van der Waals surface area contributed by atoms with Crippen molar-refractivity contribution in [2.24, 2.45) is 22.9 Å². The number of hydrogen-bond acceptors (Lipinski definition) is 18. The van der Waals surface area contributed by atoms with Crippen LogP contribution in [0, 0.1) is 0 Å². The molecule has 0 spiro atoms. The van der Waals surface area contributed by atoms with Crippen molar-refractivity contribution in [3.8, 4) is 0 Å². The Morgan fingerprint density at radius 2 is 1.59 bits per heavy atom. The van der Waals surface area contributed by atoms with E-state index in [1.807, 2.05) is 0 Å². The summed E-state index contributed by atoms with van der Waals surface area (Å²) in [6, 6.07) is -4.05. The molecule has 258 valence electrons. The van der Waals surface area contributed by atoms with Gasteiger partial charge in [-0.25, -0.2) is 0 Å². The number of nitrogens with two attached hydrogens (primary N) is 4. The van der Waals surface area contributed by atoms with Crippen LogP contribution in [0.4, 0.5) is 0 Å². The van der Waals surface area contributed by atoms with E-state index in [1.54, 1.807) is 0 Å². The molecule has 0 bridgehead atoms. The van der Waals surface area contributed by atoms with Gasteiger partial charge in [-0.1, -0.05) is 0 Å². The third-order valence-corrected chi connectivity index (χ3v) is 8.25. The lowest BCUT2D eigenvalue weighted by molar-refractivity contribution is -0.314. The van der Waals surface area contributed by atoms with Gasteiger partial charge in [-0.3, -0.25) is 4.79 Å². The molecular weight excluding hydrogens is 592 g/mol. The van der Waals surface area contributed by atoms with Gasteiger partial charge in [0, 0.05) is 25.7 Å². The molecule has 1 aliphatic carbocycles. The van der Waals surface area contributed by atoms with Crippen LogP contribution in [-0.2, 0) is 23.7 Å². The first-order valence-electron chi connectivity index (χ1n) is 14.7. The average Bonchev–Trinajstić information content (AvgIpc) is 3.01. The highest BCUT2D eigenvalue weighted by molar-refractivity contribution is 5.81. The molecule has 2 heterocycles. The van der Waals surface area contributed by atoms with E-state index in [-0.39, 0.29) is 19.1 Å². The molecule has 3 rings (SSSR count). The van der Waals surface area contributed by atoms with Gasteiger partial charge in [0.1, 0.15) is 42.7 Å². The van der Waals surface area contributed by atoms with Crippen molar-refractivity contribution in [1.82, 2.24) is 10.6 Å². The number of carbonyl (C=O) groups is 1. The molecule has 0 aromatic heterocycles. The maximum absolute atomic E-state index is 12.9. The maximum atomic E-state index is 12.9. The number of aliphatic hydroxyl groups excluding tert-OH is 8. The van der Waals surface area contributed by atoms with E-state index >= 15 is 0 Å². The fourth-order valence-corrected chi connectivity index (χ4v) is 5.55. The Bertz CT molecular complexity index is 882. The predicted octanol–water partition coefficient (Wildman–Crippen LogP) is -8.44. The van der Waals surface area contributed by atoms with Crippen molar-refractivity contribution in [3.63, 3.8) is 0 Å². The Hall–Kier alpha value is -1.21. The van der Waals surface area contributed by atoms with E-state index in [0.717, 1.165) is 0 Å². The molecule has 16 unspecified atom stereocenters. The second-order valence-corrected chi connectivity index (χ2v) is 11.5. The topological polar surface area (TPSA) is 344 Å². The summed E-state index contributed by atoms with van der Waals surface area (Å²) >= 11 is 0. The van der Waals surface area contributed by atoms with Gasteiger partial charge in [0.15, 0.2) is 18.7 Å². The zero-order valence-electron chi connectivity index (χ0n) is 24.3. The van der Waals surface area contributed by atoms with Crippen molar-refractivity contribution in [3.05, 3.63) is 0 Å². The molecule has 0 radical (unpaired) electrons. The van der Waals surface area contributed by atoms with E-state index in [4.69, 9.17) is 47.0 Å². The zero-order chi connectivity index (χ0) is 32.7. The average molecular weight is 643 g/mol. The fraction of sp³-hybridized carbons (Fsp3) is 0.960. The summed E-state index contributed by atoms with van der Waals surface area (Å²) < 4.78 is 23.5. The quantitative estimate of drug-likeness (QED) is 0.0782. The molecular formula is C25H50N6O13. The lowest BCUT2D eigenvalue weighted by Crippen LogP contribution is -2.69. The Morgan fingerprint density at radius 1 is 0.909 bits per heavy atom. The summed E-state index contributed by atoms with van der Waals surface area (Å²) in [4.78, 5) is 12.9. The molecule has 2 aliphatic heterocycles. The van der Waals surface area contributed by atoms with Crippen LogP contribution in [0.3, 0.4) is 0 Å². The van der Waals surface area contributed by atoms with Gasteiger partial charge in [-0.15, -0.1) is 0 Å². The molecule has 44 heavy (non-hydrogen) atoms. The largest absolute Gasteiger partial charge is 0.395 e. The van der Waals surface area contributed by atoms with Crippen LogP contribution in [0.2, 0.25) is 0 Å². The SMILES string of the molecule is NCC(O)C(O)C(O)C(=O)NC1CC(N)C(OC2OC(CNCCO)CCC2N)C(O)C1OC1OC(CO)C(O)C(N)C1O. The Balaban J connectivity index is 1.82. The van der Waals surface area contributed by atoms with Crippen LogP contribution in [0.1, 0.15) is 19.3 Å².